The third kappa shape index (κ3) is 4.12. The van der Waals surface area contributed by atoms with Crippen molar-refractivity contribution in [2.24, 2.45) is 0 Å². The molecule has 6 nitrogen and oxygen atoms in total. The Labute approximate surface area is 159 Å². The van der Waals surface area contributed by atoms with E-state index in [1.54, 1.807) is 12.3 Å². The largest absolute Gasteiger partial charge is 0.370 e. The van der Waals surface area contributed by atoms with Gasteiger partial charge in [-0.2, -0.15) is 0 Å². The fraction of sp³-hybridized carbons (Fsp3) is 0.429. The average molecular weight is 367 g/mol. The van der Waals surface area contributed by atoms with E-state index in [-0.39, 0.29) is 11.7 Å². The first-order valence-electron chi connectivity index (χ1n) is 9.46. The van der Waals surface area contributed by atoms with Crippen molar-refractivity contribution in [3.8, 4) is 0 Å². The summed E-state index contributed by atoms with van der Waals surface area (Å²) in [4.78, 5) is 19.0. The number of nitrogens with zero attached hydrogens (tertiary/aromatic N) is 2. The molecule has 0 bridgehead atoms. The highest BCUT2D eigenvalue weighted by Gasteiger charge is 2.39. The third-order valence-electron chi connectivity index (χ3n) is 5.22. The molecule has 27 heavy (non-hydrogen) atoms. The van der Waals surface area contributed by atoms with Gasteiger partial charge in [-0.1, -0.05) is 29.8 Å². The van der Waals surface area contributed by atoms with Crippen LogP contribution in [-0.4, -0.2) is 43.0 Å². The number of hydrogen-bond acceptors (Lipinski definition) is 5. The molecule has 3 heterocycles. The van der Waals surface area contributed by atoms with Gasteiger partial charge in [0.25, 0.3) is 5.91 Å². The average Bonchev–Trinajstić information content (AvgIpc) is 3.15. The lowest BCUT2D eigenvalue weighted by Crippen LogP contribution is -2.45. The van der Waals surface area contributed by atoms with Crippen molar-refractivity contribution in [1.29, 1.82) is 0 Å². The van der Waals surface area contributed by atoms with Gasteiger partial charge in [-0.05, 0) is 24.6 Å². The molecule has 0 radical (unpaired) electrons. The van der Waals surface area contributed by atoms with Crippen molar-refractivity contribution in [1.82, 2.24) is 10.3 Å². The number of nitrogens with one attached hydrogen (secondary N) is 1. The molecule has 2 aliphatic heterocycles. The van der Waals surface area contributed by atoms with E-state index in [4.69, 9.17) is 9.47 Å². The van der Waals surface area contributed by atoms with Crippen LogP contribution in [0.4, 0.5) is 5.69 Å². The molecule has 0 aliphatic carbocycles. The molecule has 2 fully saturated rings. The molecule has 1 spiro atoms. The van der Waals surface area contributed by atoms with E-state index in [9.17, 15) is 4.79 Å². The van der Waals surface area contributed by atoms with Crippen LogP contribution in [0, 0.1) is 6.92 Å². The molecular formula is C21H25N3O3. The Morgan fingerprint density at radius 3 is 2.63 bits per heavy atom. The molecule has 142 valence electrons. The normalized spacial score (nSPS) is 18.6. The molecule has 1 aromatic heterocycles. The topological polar surface area (TPSA) is 63.7 Å². The van der Waals surface area contributed by atoms with Crippen LogP contribution < -0.4 is 10.2 Å². The van der Waals surface area contributed by atoms with E-state index >= 15 is 0 Å². The van der Waals surface area contributed by atoms with Crippen LogP contribution in [0.25, 0.3) is 0 Å². The smallest absolute Gasteiger partial charge is 0.270 e. The minimum absolute atomic E-state index is 0.159. The van der Waals surface area contributed by atoms with Gasteiger partial charge in [0, 0.05) is 32.5 Å². The minimum Gasteiger partial charge on any atom is -0.370 e. The van der Waals surface area contributed by atoms with Crippen molar-refractivity contribution < 1.29 is 14.3 Å². The molecule has 0 unspecified atom stereocenters. The van der Waals surface area contributed by atoms with Gasteiger partial charge < -0.3 is 19.7 Å². The maximum Gasteiger partial charge on any atom is 0.270 e. The van der Waals surface area contributed by atoms with Crippen molar-refractivity contribution in [3.05, 3.63) is 59.4 Å². The highest BCUT2D eigenvalue weighted by molar-refractivity contribution is 5.92. The summed E-state index contributed by atoms with van der Waals surface area (Å²) in [6.45, 7) is 5.64. The maximum absolute atomic E-state index is 12.3. The van der Waals surface area contributed by atoms with Crippen LogP contribution in [0.3, 0.4) is 0 Å². The van der Waals surface area contributed by atoms with Gasteiger partial charge in [-0.25, -0.2) is 4.98 Å². The Balaban J connectivity index is 1.32. The summed E-state index contributed by atoms with van der Waals surface area (Å²) in [6.07, 6.45) is 3.48. The molecule has 2 saturated heterocycles. The van der Waals surface area contributed by atoms with Crippen LogP contribution in [0.2, 0.25) is 0 Å². The van der Waals surface area contributed by atoms with Gasteiger partial charge in [-0.3, -0.25) is 4.79 Å². The second kappa shape index (κ2) is 7.66. The Hall–Kier alpha value is -2.44. The zero-order chi connectivity index (χ0) is 18.7. The van der Waals surface area contributed by atoms with Crippen LogP contribution in [0.5, 0.6) is 0 Å². The van der Waals surface area contributed by atoms with Gasteiger partial charge in [0.05, 0.1) is 25.1 Å². The second-order valence-corrected chi connectivity index (χ2v) is 7.17. The first kappa shape index (κ1) is 17.9. The molecule has 2 aliphatic rings. The molecule has 1 N–H and O–H groups in total. The third-order valence-corrected chi connectivity index (χ3v) is 5.22. The maximum atomic E-state index is 12.3. The number of carbonyl (C=O) groups excluding carboxylic acids is 1. The van der Waals surface area contributed by atoms with Gasteiger partial charge in [0.1, 0.15) is 5.69 Å². The number of pyridine rings is 1. The van der Waals surface area contributed by atoms with E-state index in [1.165, 1.54) is 5.56 Å². The summed E-state index contributed by atoms with van der Waals surface area (Å²) in [5.41, 5.74) is 3.72. The number of piperidine rings is 1. The lowest BCUT2D eigenvalue weighted by Gasteiger charge is -2.38. The second-order valence-electron chi connectivity index (χ2n) is 7.17. The predicted molar refractivity (Wildman–Crippen MR) is 103 cm³/mol. The van der Waals surface area contributed by atoms with Crippen molar-refractivity contribution in [2.75, 3.05) is 31.2 Å². The number of aryl methyl sites for hydroxylation is 1. The number of hydrogen-bond donors (Lipinski definition) is 1. The lowest BCUT2D eigenvalue weighted by atomic mass is 10.0. The van der Waals surface area contributed by atoms with E-state index in [0.717, 1.165) is 37.2 Å². The van der Waals surface area contributed by atoms with Gasteiger partial charge in [0.15, 0.2) is 5.79 Å². The number of rotatable bonds is 4. The molecule has 1 aromatic carbocycles. The standard InChI is InChI=1S/C21H25N3O3/c1-16-3-2-4-17(13-16)14-23-20(25)19-6-5-18(15-22-19)24-9-7-21(8-10-24)26-11-12-27-21/h2-6,13,15H,7-12,14H2,1H3,(H,23,25). The zero-order valence-corrected chi connectivity index (χ0v) is 15.6. The molecule has 1 amide bonds. The Kier molecular flexibility index (Phi) is 5.09. The zero-order valence-electron chi connectivity index (χ0n) is 15.6. The Morgan fingerprint density at radius 2 is 1.96 bits per heavy atom. The molecule has 6 heteroatoms. The molecular weight excluding hydrogens is 342 g/mol. The fourth-order valence-corrected chi connectivity index (χ4v) is 3.69. The van der Waals surface area contributed by atoms with Crippen molar-refractivity contribution in [2.45, 2.75) is 32.1 Å². The van der Waals surface area contributed by atoms with Crippen molar-refractivity contribution >= 4 is 11.6 Å². The monoisotopic (exact) mass is 367 g/mol. The van der Waals surface area contributed by atoms with Crippen LogP contribution in [-0.2, 0) is 16.0 Å². The summed E-state index contributed by atoms with van der Waals surface area (Å²) in [6, 6.07) is 11.9. The van der Waals surface area contributed by atoms with E-state index in [1.807, 2.05) is 31.2 Å². The van der Waals surface area contributed by atoms with Gasteiger partial charge >= 0.3 is 0 Å². The summed E-state index contributed by atoms with van der Waals surface area (Å²) >= 11 is 0. The molecule has 0 atom stereocenters. The number of ether oxygens (including phenoxy) is 2. The Morgan fingerprint density at radius 1 is 1.19 bits per heavy atom. The van der Waals surface area contributed by atoms with Crippen molar-refractivity contribution in [3.63, 3.8) is 0 Å². The fourth-order valence-electron chi connectivity index (χ4n) is 3.69. The number of amides is 1. The highest BCUT2D eigenvalue weighted by Crippen LogP contribution is 2.32. The number of aromatic nitrogens is 1. The van der Waals surface area contributed by atoms with Gasteiger partial charge in [-0.15, -0.1) is 0 Å². The first-order valence-corrected chi connectivity index (χ1v) is 9.46. The van der Waals surface area contributed by atoms with E-state index in [0.29, 0.717) is 25.5 Å². The minimum atomic E-state index is -0.375. The number of anilines is 1. The summed E-state index contributed by atoms with van der Waals surface area (Å²) in [5, 5.41) is 2.93. The molecule has 4 rings (SSSR count). The summed E-state index contributed by atoms with van der Waals surface area (Å²) in [7, 11) is 0. The quantitative estimate of drug-likeness (QED) is 0.900. The number of benzene rings is 1. The molecule has 2 aromatic rings. The molecule has 0 saturated carbocycles. The Bertz CT molecular complexity index is 791. The van der Waals surface area contributed by atoms with E-state index in [2.05, 4.69) is 21.3 Å². The lowest BCUT2D eigenvalue weighted by molar-refractivity contribution is -0.169. The van der Waals surface area contributed by atoms with Crippen LogP contribution >= 0.6 is 0 Å². The first-order chi connectivity index (χ1) is 13.1. The highest BCUT2D eigenvalue weighted by atomic mass is 16.7. The summed E-state index contributed by atoms with van der Waals surface area (Å²) < 4.78 is 11.5. The number of carbonyl (C=O) groups is 1. The SMILES string of the molecule is Cc1cccc(CNC(=O)c2ccc(N3CCC4(CC3)OCCO4)cn2)c1. The van der Waals surface area contributed by atoms with Gasteiger partial charge in [0.2, 0.25) is 0 Å². The van der Waals surface area contributed by atoms with Crippen LogP contribution in [0.15, 0.2) is 42.6 Å². The van der Waals surface area contributed by atoms with Crippen LogP contribution in [0.1, 0.15) is 34.5 Å². The van der Waals surface area contributed by atoms with E-state index < -0.39 is 0 Å². The summed E-state index contributed by atoms with van der Waals surface area (Å²) in [5.74, 6) is -0.534. The predicted octanol–water partition coefficient (Wildman–Crippen LogP) is 2.66.